The number of aromatic nitrogens is 4. The SMILES string of the molecule is Cn1ccnc1[C@H](O)C1CCN(c2nccc(CCC(F)(F)F)n2)CC1. The van der Waals surface area contributed by atoms with Crippen LogP contribution in [0.3, 0.4) is 0 Å². The van der Waals surface area contributed by atoms with Crippen LogP contribution in [0.5, 0.6) is 0 Å². The van der Waals surface area contributed by atoms with Gasteiger partial charge in [-0.15, -0.1) is 0 Å². The minimum atomic E-state index is -4.19. The van der Waals surface area contributed by atoms with E-state index in [1.54, 1.807) is 12.4 Å². The van der Waals surface area contributed by atoms with Gasteiger partial charge in [-0.25, -0.2) is 15.0 Å². The number of hydrogen-bond acceptors (Lipinski definition) is 5. The molecule has 0 saturated carbocycles. The summed E-state index contributed by atoms with van der Waals surface area (Å²) in [6, 6.07) is 1.52. The number of anilines is 1. The lowest BCUT2D eigenvalue weighted by Gasteiger charge is -2.34. The number of rotatable bonds is 5. The average Bonchev–Trinajstić information content (AvgIpc) is 3.05. The van der Waals surface area contributed by atoms with Crippen molar-refractivity contribution < 1.29 is 18.3 Å². The van der Waals surface area contributed by atoms with Gasteiger partial charge in [-0.1, -0.05) is 0 Å². The lowest BCUT2D eigenvalue weighted by molar-refractivity contribution is -0.134. The van der Waals surface area contributed by atoms with Crippen LogP contribution in [0.2, 0.25) is 0 Å². The van der Waals surface area contributed by atoms with Crippen LogP contribution in [0.15, 0.2) is 24.7 Å². The van der Waals surface area contributed by atoms with Crippen LogP contribution >= 0.6 is 0 Å². The van der Waals surface area contributed by atoms with Gasteiger partial charge in [0.15, 0.2) is 0 Å². The number of aliphatic hydroxyl groups is 1. The van der Waals surface area contributed by atoms with Crippen molar-refractivity contribution in [1.82, 2.24) is 19.5 Å². The van der Waals surface area contributed by atoms with E-state index in [0.717, 1.165) is 12.8 Å². The molecule has 1 atom stereocenters. The second kappa shape index (κ2) is 7.61. The molecule has 0 bridgehead atoms. The molecule has 0 aliphatic carbocycles. The molecule has 1 aliphatic heterocycles. The standard InChI is InChI=1S/C17H22F3N5O/c1-24-11-8-21-15(24)14(26)12-4-9-25(10-5-12)16-22-7-3-13(23-16)2-6-17(18,19)20/h3,7-8,11-12,14,26H,2,4-6,9-10H2,1H3/t14-/m1/s1. The normalized spacial score (nSPS) is 17.5. The third-order valence-electron chi connectivity index (χ3n) is 4.76. The third-order valence-corrected chi connectivity index (χ3v) is 4.76. The molecule has 9 heteroatoms. The van der Waals surface area contributed by atoms with E-state index in [9.17, 15) is 18.3 Å². The fraction of sp³-hybridized carbons (Fsp3) is 0.588. The molecule has 2 aromatic heterocycles. The lowest BCUT2D eigenvalue weighted by Crippen LogP contribution is -2.37. The third kappa shape index (κ3) is 4.51. The van der Waals surface area contributed by atoms with Crippen molar-refractivity contribution in [2.24, 2.45) is 13.0 Å². The number of alkyl halides is 3. The summed E-state index contributed by atoms with van der Waals surface area (Å²) in [5.41, 5.74) is 0.391. The molecule has 0 radical (unpaired) electrons. The summed E-state index contributed by atoms with van der Waals surface area (Å²) >= 11 is 0. The zero-order chi connectivity index (χ0) is 18.7. The van der Waals surface area contributed by atoms with E-state index in [2.05, 4.69) is 15.0 Å². The summed E-state index contributed by atoms with van der Waals surface area (Å²) < 4.78 is 38.9. The highest BCUT2D eigenvalue weighted by Crippen LogP contribution is 2.31. The monoisotopic (exact) mass is 369 g/mol. The van der Waals surface area contributed by atoms with Crippen LogP contribution in [-0.4, -0.2) is 43.9 Å². The van der Waals surface area contributed by atoms with E-state index in [4.69, 9.17) is 0 Å². The van der Waals surface area contributed by atoms with Crippen LogP contribution < -0.4 is 4.90 Å². The Kier molecular flexibility index (Phi) is 5.45. The van der Waals surface area contributed by atoms with Gasteiger partial charge in [0.2, 0.25) is 5.95 Å². The molecule has 3 heterocycles. The van der Waals surface area contributed by atoms with E-state index >= 15 is 0 Å². The second-order valence-corrected chi connectivity index (χ2v) is 6.63. The molecule has 1 saturated heterocycles. The van der Waals surface area contributed by atoms with Gasteiger partial charge in [0.05, 0.1) is 0 Å². The average molecular weight is 369 g/mol. The number of halogens is 3. The molecule has 1 fully saturated rings. The summed E-state index contributed by atoms with van der Waals surface area (Å²) in [4.78, 5) is 14.6. The Hall–Kier alpha value is -2.16. The van der Waals surface area contributed by atoms with E-state index in [1.807, 2.05) is 16.5 Å². The largest absolute Gasteiger partial charge is 0.389 e. The Morgan fingerprint density at radius 1 is 1.23 bits per heavy atom. The molecule has 26 heavy (non-hydrogen) atoms. The first-order valence-corrected chi connectivity index (χ1v) is 8.62. The second-order valence-electron chi connectivity index (χ2n) is 6.63. The Bertz CT molecular complexity index is 725. The molecule has 0 spiro atoms. The first-order chi connectivity index (χ1) is 12.3. The smallest absolute Gasteiger partial charge is 0.385 e. The van der Waals surface area contributed by atoms with Crippen molar-refractivity contribution in [2.45, 2.75) is 38.0 Å². The van der Waals surface area contributed by atoms with Crippen LogP contribution in [0.4, 0.5) is 19.1 Å². The van der Waals surface area contributed by atoms with Crippen LogP contribution in [-0.2, 0) is 13.5 Å². The molecule has 2 aromatic rings. The maximum atomic E-state index is 12.4. The van der Waals surface area contributed by atoms with Crippen molar-refractivity contribution >= 4 is 5.95 Å². The summed E-state index contributed by atoms with van der Waals surface area (Å²) in [5, 5.41) is 10.5. The number of hydrogen-bond donors (Lipinski definition) is 1. The van der Waals surface area contributed by atoms with Crippen molar-refractivity contribution in [2.75, 3.05) is 18.0 Å². The molecule has 0 amide bonds. The number of nitrogens with zero attached hydrogens (tertiary/aromatic N) is 5. The lowest BCUT2D eigenvalue weighted by atomic mass is 9.91. The Morgan fingerprint density at radius 3 is 2.58 bits per heavy atom. The number of aliphatic hydroxyl groups excluding tert-OH is 1. The molecular formula is C17H22F3N5O. The van der Waals surface area contributed by atoms with Gasteiger partial charge in [-0.3, -0.25) is 0 Å². The highest BCUT2D eigenvalue weighted by molar-refractivity contribution is 5.31. The first kappa shape index (κ1) is 18.6. The highest BCUT2D eigenvalue weighted by atomic mass is 19.4. The summed E-state index contributed by atoms with van der Waals surface area (Å²) in [6.07, 6.45) is 0.592. The predicted octanol–water partition coefficient (Wildman–Crippen LogP) is 2.66. The fourth-order valence-corrected chi connectivity index (χ4v) is 3.23. The van der Waals surface area contributed by atoms with Crippen LogP contribution in [0, 0.1) is 5.92 Å². The highest BCUT2D eigenvalue weighted by Gasteiger charge is 2.30. The molecule has 6 nitrogen and oxygen atoms in total. The molecular weight excluding hydrogens is 347 g/mol. The number of imidazole rings is 1. The quantitative estimate of drug-likeness (QED) is 0.878. The molecule has 1 aliphatic rings. The minimum absolute atomic E-state index is 0.0840. The predicted molar refractivity (Wildman–Crippen MR) is 89.5 cm³/mol. The molecule has 0 aromatic carbocycles. The van der Waals surface area contributed by atoms with Crippen LogP contribution in [0.25, 0.3) is 0 Å². The Balaban J connectivity index is 1.59. The van der Waals surface area contributed by atoms with Gasteiger partial charge in [0.1, 0.15) is 11.9 Å². The molecule has 0 unspecified atom stereocenters. The van der Waals surface area contributed by atoms with Crippen LogP contribution in [0.1, 0.15) is 36.9 Å². The molecule has 142 valence electrons. The van der Waals surface area contributed by atoms with Gasteiger partial charge >= 0.3 is 6.18 Å². The Labute approximate surface area is 149 Å². The summed E-state index contributed by atoms with van der Waals surface area (Å²) in [5.74, 6) is 1.18. The van der Waals surface area contributed by atoms with E-state index in [-0.39, 0.29) is 12.3 Å². The van der Waals surface area contributed by atoms with Gasteiger partial charge in [0.25, 0.3) is 0 Å². The maximum absolute atomic E-state index is 12.4. The zero-order valence-electron chi connectivity index (χ0n) is 14.5. The first-order valence-electron chi connectivity index (χ1n) is 8.62. The molecule has 3 rings (SSSR count). The van der Waals surface area contributed by atoms with Gasteiger partial charge in [-0.05, 0) is 31.2 Å². The van der Waals surface area contributed by atoms with Crippen molar-refractivity contribution in [3.05, 3.63) is 36.2 Å². The number of aryl methyl sites for hydroxylation is 2. The van der Waals surface area contributed by atoms with Gasteiger partial charge < -0.3 is 14.6 Å². The van der Waals surface area contributed by atoms with E-state index in [0.29, 0.717) is 30.6 Å². The maximum Gasteiger partial charge on any atom is 0.389 e. The zero-order valence-corrected chi connectivity index (χ0v) is 14.5. The van der Waals surface area contributed by atoms with Crippen molar-refractivity contribution in [1.29, 1.82) is 0 Å². The molecule has 1 N–H and O–H groups in total. The van der Waals surface area contributed by atoms with Crippen molar-refractivity contribution in [3.63, 3.8) is 0 Å². The number of piperidine rings is 1. The minimum Gasteiger partial charge on any atom is -0.385 e. The summed E-state index contributed by atoms with van der Waals surface area (Å²) in [6.45, 7) is 1.30. The van der Waals surface area contributed by atoms with E-state index in [1.165, 1.54) is 12.3 Å². The summed E-state index contributed by atoms with van der Waals surface area (Å²) in [7, 11) is 1.85. The Morgan fingerprint density at radius 2 is 1.96 bits per heavy atom. The van der Waals surface area contributed by atoms with Gasteiger partial charge in [-0.2, -0.15) is 13.2 Å². The topological polar surface area (TPSA) is 67.1 Å². The fourth-order valence-electron chi connectivity index (χ4n) is 3.23. The van der Waals surface area contributed by atoms with Crippen molar-refractivity contribution in [3.8, 4) is 0 Å². The van der Waals surface area contributed by atoms with E-state index < -0.39 is 18.7 Å². The van der Waals surface area contributed by atoms with Gasteiger partial charge in [0, 0.05) is 50.8 Å².